The average molecular weight is 829 g/mol. The number of nitrogens with one attached hydrogen (secondary N) is 4. The Kier molecular flexibility index (Phi) is 12.1. The normalized spacial score (nSPS) is 15.3. The van der Waals surface area contributed by atoms with Gasteiger partial charge < -0.3 is 40.6 Å². The molecule has 7 aromatic rings. The molecule has 5 aromatic carbocycles. The van der Waals surface area contributed by atoms with Crippen LogP contribution < -0.4 is 15.5 Å². The van der Waals surface area contributed by atoms with Crippen molar-refractivity contribution in [3.8, 4) is 0 Å². The van der Waals surface area contributed by atoms with Crippen LogP contribution in [0.2, 0.25) is 0 Å². The highest BCUT2D eigenvalue weighted by Gasteiger charge is 2.52. The number of amides is 4. The zero-order valence-corrected chi connectivity index (χ0v) is 34.3. The second-order valence-corrected chi connectivity index (χ2v) is 15.7. The number of carbonyl (C=O) groups excluding carboxylic acids is 4. The molecule has 0 unspecified atom stereocenters. The first-order valence-electron chi connectivity index (χ1n) is 20.7. The van der Waals surface area contributed by atoms with Crippen LogP contribution in [-0.2, 0) is 50.7 Å². The van der Waals surface area contributed by atoms with Crippen LogP contribution >= 0.6 is 0 Å². The summed E-state index contributed by atoms with van der Waals surface area (Å²) in [7, 11) is 0. The standard InChI is InChI=1S/C50H48N6O6/c1-33(10-9-17-48(60)55(24-25-57)31-34-11-3-2-4-12-34)50(62)42-28-39(54-47(59)27-37-30-52-44-16-8-6-14-41(37)44)22-23-45(42)56(49(50)61)32-35-18-20-38(21-19-35)53-46(58)26-36-29-51-43-15-7-5-13-40(36)43/h2-16,18-23,28-30,33,51-52,57,62H,17,24-27,31-32H2,1H3,(H,53,58)(H,54,59)/b10-9+/t33-,50+/m1/s1. The highest BCUT2D eigenvalue weighted by Crippen LogP contribution is 2.47. The zero-order valence-electron chi connectivity index (χ0n) is 34.3. The lowest BCUT2D eigenvalue weighted by Gasteiger charge is -2.28. The monoisotopic (exact) mass is 828 g/mol. The number of rotatable bonds is 16. The number of aliphatic hydroxyl groups excluding tert-OH is 1. The largest absolute Gasteiger partial charge is 0.395 e. The molecular formula is C50H48N6O6. The molecule has 0 bridgehead atoms. The van der Waals surface area contributed by atoms with Crippen molar-refractivity contribution < 1.29 is 29.4 Å². The van der Waals surface area contributed by atoms with Crippen LogP contribution in [-0.4, -0.2) is 61.9 Å². The summed E-state index contributed by atoms with van der Waals surface area (Å²) in [5, 5.41) is 30.1. The minimum absolute atomic E-state index is 0.00732. The van der Waals surface area contributed by atoms with Crippen LogP contribution in [0.1, 0.15) is 41.2 Å². The molecule has 1 aliphatic heterocycles. The third kappa shape index (κ3) is 8.78. The van der Waals surface area contributed by atoms with Gasteiger partial charge in [-0.2, -0.15) is 0 Å². The first kappa shape index (κ1) is 41.5. The molecule has 12 heteroatoms. The van der Waals surface area contributed by atoms with Gasteiger partial charge >= 0.3 is 0 Å². The molecule has 62 heavy (non-hydrogen) atoms. The summed E-state index contributed by atoms with van der Waals surface area (Å²) in [4.78, 5) is 63.8. The molecule has 314 valence electrons. The molecule has 0 saturated carbocycles. The van der Waals surface area contributed by atoms with Crippen molar-refractivity contribution >= 4 is 62.5 Å². The molecule has 0 fully saturated rings. The van der Waals surface area contributed by atoms with E-state index in [1.165, 1.54) is 4.90 Å². The van der Waals surface area contributed by atoms with Crippen molar-refractivity contribution in [1.29, 1.82) is 0 Å². The lowest BCUT2D eigenvalue weighted by molar-refractivity contribution is -0.139. The van der Waals surface area contributed by atoms with E-state index in [-0.39, 0.29) is 56.7 Å². The molecule has 0 spiro atoms. The number of aliphatic hydroxyl groups is 2. The van der Waals surface area contributed by atoms with Gasteiger partial charge in [0.2, 0.25) is 17.7 Å². The minimum Gasteiger partial charge on any atom is -0.395 e. The van der Waals surface area contributed by atoms with Gasteiger partial charge in [-0.1, -0.05) is 97.9 Å². The summed E-state index contributed by atoms with van der Waals surface area (Å²) < 4.78 is 0. The SMILES string of the molecule is C[C@H](/C=C/CC(=O)N(CCO)Cc1ccccc1)[C@@]1(O)C(=O)N(Cc2ccc(NC(=O)Cc3c[nH]c4ccccc34)cc2)c2ccc(NC(=O)Cc3c[nH]c4ccccc34)cc21. The van der Waals surface area contributed by atoms with Crippen LogP contribution in [0.3, 0.4) is 0 Å². The Balaban J connectivity index is 1.00. The van der Waals surface area contributed by atoms with Crippen molar-refractivity contribution in [2.75, 3.05) is 28.7 Å². The van der Waals surface area contributed by atoms with Crippen molar-refractivity contribution in [2.45, 2.75) is 44.9 Å². The third-order valence-corrected chi connectivity index (χ3v) is 11.5. The predicted molar refractivity (Wildman–Crippen MR) is 241 cm³/mol. The molecule has 3 heterocycles. The number of nitrogens with zero attached hydrogens (tertiary/aromatic N) is 2. The number of aromatic amines is 2. The molecule has 2 atom stereocenters. The number of para-hydroxylation sites is 2. The Labute approximate surface area is 358 Å². The maximum atomic E-state index is 14.5. The van der Waals surface area contributed by atoms with Gasteiger partial charge in [0.15, 0.2) is 5.60 Å². The first-order valence-corrected chi connectivity index (χ1v) is 20.7. The minimum atomic E-state index is -2.04. The summed E-state index contributed by atoms with van der Waals surface area (Å²) in [5.74, 6) is -1.99. The molecule has 4 amide bonds. The Bertz CT molecular complexity index is 2780. The Morgan fingerprint density at radius 2 is 1.34 bits per heavy atom. The van der Waals surface area contributed by atoms with Gasteiger partial charge in [-0.25, -0.2) is 0 Å². The first-order chi connectivity index (χ1) is 30.1. The molecular weight excluding hydrogens is 781 g/mol. The summed E-state index contributed by atoms with van der Waals surface area (Å²) >= 11 is 0. The van der Waals surface area contributed by atoms with Gasteiger partial charge in [0.05, 0.1) is 31.7 Å². The molecule has 0 aliphatic carbocycles. The van der Waals surface area contributed by atoms with E-state index in [2.05, 4.69) is 20.6 Å². The average Bonchev–Trinajstić information content (AvgIpc) is 3.94. The number of aromatic nitrogens is 2. The van der Waals surface area contributed by atoms with E-state index in [0.717, 1.165) is 44.1 Å². The van der Waals surface area contributed by atoms with Crippen LogP contribution in [0.25, 0.3) is 21.8 Å². The Morgan fingerprint density at radius 1 is 0.758 bits per heavy atom. The van der Waals surface area contributed by atoms with Gasteiger partial charge in [-0.15, -0.1) is 0 Å². The molecule has 0 saturated heterocycles. The molecule has 0 radical (unpaired) electrons. The number of H-pyrrole nitrogens is 2. The van der Waals surface area contributed by atoms with Gasteiger partial charge in [-0.05, 0) is 64.7 Å². The van der Waals surface area contributed by atoms with E-state index in [4.69, 9.17) is 0 Å². The number of hydrogen-bond acceptors (Lipinski definition) is 6. The molecule has 6 N–H and O–H groups in total. The maximum Gasteiger partial charge on any atom is 0.264 e. The number of benzene rings is 5. The van der Waals surface area contributed by atoms with Crippen molar-refractivity contribution in [3.05, 3.63) is 174 Å². The fourth-order valence-electron chi connectivity index (χ4n) is 8.23. The van der Waals surface area contributed by atoms with Crippen LogP contribution in [0.4, 0.5) is 17.1 Å². The van der Waals surface area contributed by atoms with E-state index in [0.29, 0.717) is 29.2 Å². The fraction of sp³-hybridized carbons (Fsp3) is 0.200. The highest BCUT2D eigenvalue weighted by molar-refractivity contribution is 6.08. The fourth-order valence-corrected chi connectivity index (χ4v) is 8.23. The molecule has 1 aliphatic rings. The van der Waals surface area contributed by atoms with Gasteiger partial charge in [0, 0.05) is 76.6 Å². The number of carbonyl (C=O) groups is 4. The molecule has 8 rings (SSSR count). The topological polar surface area (TPSA) is 171 Å². The Morgan fingerprint density at radius 3 is 1.97 bits per heavy atom. The number of fused-ring (bicyclic) bond motifs is 3. The van der Waals surface area contributed by atoms with Crippen molar-refractivity contribution in [2.24, 2.45) is 5.92 Å². The van der Waals surface area contributed by atoms with Gasteiger partial charge in [-0.3, -0.25) is 19.2 Å². The lowest BCUT2D eigenvalue weighted by Crippen LogP contribution is -2.44. The predicted octanol–water partition coefficient (Wildman–Crippen LogP) is 7.35. The summed E-state index contributed by atoms with van der Waals surface area (Å²) in [6.45, 7) is 2.14. The lowest BCUT2D eigenvalue weighted by atomic mass is 9.82. The number of anilines is 3. The van der Waals surface area contributed by atoms with E-state index in [1.807, 2.05) is 103 Å². The Hall–Kier alpha value is -7.28. The summed E-state index contributed by atoms with van der Waals surface area (Å²) in [6.07, 6.45) is 7.28. The number of hydrogen-bond donors (Lipinski definition) is 6. The smallest absolute Gasteiger partial charge is 0.264 e. The van der Waals surface area contributed by atoms with Crippen molar-refractivity contribution in [3.63, 3.8) is 0 Å². The second-order valence-electron chi connectivity index (χ2n) is 15.7. The van der Waals surface area contributed by atoms with Gasteiger partial charge in [0.25, 0.3) is 5.91 Å². The van der Waals surface area contributed by atoms with Crippen LogP contribution in [0, 0.1) is 5.92 Å². The maximum absolute atomic E-state index is 14.5. The molecule has 2 aromatic heterocycles. The molecule has 12 nitrogen and oxygen atoms in total. The van der Waals surface area contributed by atoms with E-state index < -0.39 is 17.4 Å². The highest BCUT2D eigenvalue weighted by atomic mass is 16.3. The zero-order chi connectivity index (χ0) is 43.2. The van der Waals surface area contributed by atoms with Gasteiger partial charge in [0.1, 0.15) is 0 Å². The summed E-state index contributed by atoms with van der Waals surface area (Å²) in [5.41, 5.74) is 5.10. The van der Waals surface area contributed by atoms with E-state index >= 15 is 0 Å². The quantitative estimate of drug-likeness (QED) is 0.0557. The summed E-state index contributed by atoms with van der Waals surface area (Å²) in [6, 6.07) is 37.4. The van der Waals surface area contributed by atoms with E-state index in [9.17, 15) is 29.4 Å². The third-order valence-electron chi connectivity index (χ3n) is 11.5. The van der Waals surface area contributed by atoms with Crippen LogP contribution in [0.15, 0.2) is 146 Å². The van der Waals surface area contributed by atoms with Crippen LogP contribution in [0.5, 0.6) is 0 Å². The van der Waals surface area contributed by atoms with Crippen molar-refractivity contribution in [1.82, 2.24) is 14.9 Å². The second kappa shape index (κ2) is 18.1. The van der Waals surface area contributed by atoms with E-state index in [1.54, 1.807) is 54.3 Å².